The third-order valence-electron chi connectivity index (χ3n) is 3.43. The quantitative estimate of drug-likeness (QED) is 0.878. The number of hydrogen-bond donors (Lipinski definition) is 2. The normalized spacial score (nSPS) is 17.8. The summed E-state index contributed by atoms with van der Waals surface area (Å²) in [6, 6.07) is 5.05. The number of primary amides is 1. The average Bonchev–Trinajstić information content (AvgIpc) is 2.34. The van der Waals surface area contributed by atoms with Crippen molar-refractivity contribution in [3.8, 4) is 5.75 Å². The average molecular weight is 269 g/mol. The van der Waals surface area contributed by atoms with Crippen molar-refractivity contribution in [3.63, 3.8) is 0 Å². The van der Waals surface area contributed by atoms with Gasteiger partial charge in [0.15, 0.2) is 0 Å². The Labute approximate surface area is 111 Å². The first-order chi connectivity index (χ1) is 8.56. The van der Waals surface area contributed by atoms with Gasteiger partial charge in [0.2, 0.25) is 5.91 Å². The van der Waals surface area contributed by atoms with Gasteiger partial charge in [0.25, 0.3) is 0 Å². The Morgan fingerprint density at radius 2 is 2.11 bits per heavy atom. The summed E-state index contributed by atoms with van der Waals surface area (Å²) in [6.45, 7) is 2.29. The topological polar surface area (TPSA) is 66.6 Å². The molecule has 0 spiro atoms. The lowest BCUT2D eigenvalue weighted by Gasteiger charge is -2.30. The van der Waals surface area contributed by atoms with Gasteiger partial charge >= 0.3 is 0 Å². The fourth-order valence-electron chi connectivity index (χ4n) is 2.30. The van der Waals surface area contributed by atoms with E-state index in [9.17, 15) is 9.90 Å². The number of likely N-dealkylation sites (tertiary alicyclic amines) is 1. The number of carbonyl (C=O) groups excluding carboxylic acids is 1. The summed E-state index contributed by atoms with van der Waals surface area (Å²) < 4.78 is 0. The minimum atomic E-state index is -0.208. The predicted octanol–water partition coefficient (Wildman–Crippen LogP) is 1.74. The van der Waals surface area contributed by atoms with Crippen LogP contribution in [0.1, 0.15) is 18.4 Å². The van der Waals surface area contributed by atoms with Crippen molar-refractivity contribution in [2.75, 3.05) is 13.1 Å². The molecule has 18 heavy (non-hydrogen) atoms. The molecular weight excluding hydrogens is 252 g/mol. The van der Waals surface area contributed by atoms with E-state index in [1.807, 2.05) is 0 Å². The van der Waals surface area contributed by atoms with Crippen LogP contribution in [-0.4, -0.2) is 29.0 Å². The van der Waals surface area contributed by atoms with E-state index < -0.39 is 0 Å². The molecule has 1 fully saturated rings. The number of halogens is 1. The zero-order chi connectivity index (χ0) is 13.1. The fourth-order valence-corrected chi connectivity index (χ4v) is 2.49. The van der Waals surface area contributed by atoms with Crippen molar-refractivity contribution in [1.29, 1.82) is 0 Å². The Hall–Kier alpha value is -1.26. The summed E-state index contributed by atoms with van der Waals surface area (Å²) >= 11 is 5.91. The lowest BCUT2D eigenvalue weighted by molar-refractivity contribution is -0.123. The lowest BCUT2D eigenvalue weighted by Crippen LogP contribution is -2.38. The Kier molecular flexibility index (Phi) is 4.09. The van der Waals surface area contributed by atoms with Crippen molar-refractivity contribution in [2.24, 2.45) is 11.7 Å². The number of phenolic OH excluding ortho intramolecular Hbond substituents is 1. The lowest BCUT2D eigenvalue weighted by atomic mass is 9.96. The molecule has 0 radical (unpaired) electrons. The number of carbonyl (C=O) groups is 1. The van der Waals surface area contributed by atoms with Gasteiger partial charge in [-0.1, -0.05) is 11.6 Å². The first-order valence-electron chi connectivity index (χ1n) is 6.05. The number of hydrogen-bond acceptors (Lipinski definition) is 3. The van der Waals surface area contributed by atoms with Crippen LogP contribution in [0.3, 0.4) is 0 Å². The first-order valence-corrected chi connectivity index (χ1v) is 6.43. The third kappa shape index (κ3) is 3.15. The molecule has 3 N–H and O–H groups in total. The van der Waals surface area contributed by atoms with E-state index in [0.29, 0.717) is 11.6 Å². The number of aromatic hydroxyl groups is 1. The molecule has 0 bridgehead atoms. The third-order valence-corrected chi connectivity index (χ3v) is 3.66. The molecule has 0 atom stereocenters. The van der Waals surface area contributed by atoms with Crippen LogP contribution in [0.2, 0.25) is 5.02 Å². The maximum atomic E-state index is 11.1. The highest BCUT2D eigenvalue weighted by Crippen LogP contribution is 2.25. The first kappa shape index (κ1) is 13.2. The highest BCUT2D eigenvalue weighted by Gasteiger charge is 2.23. The fraction of sp³-hybridized carbons (Fsp3) is 0.462. The highest BCUT2D eigenvalue weighted by molar-refractivity contribution is 6.30. The van der Waals surface area contributed by atoms with E-state index in [1.165, 1.54) is 0 Å². The number of piperidine rings is 1. The van der Waals surface area contributed by atoms with Crippen LogP contribution in [0, 0.1) is 5.92 Å². The summed E-state index contributed by atoms with van der Waals surface area (Å²) in [5, 5.41) is 10.4. The van der Waals surface area contributed by atoms with E-state index in [-0.39, 0.29) is 17.6 Å². The molecular formula is C13H17ClN2O2. The summed E-state index contributed by atoms with van der Waals surface area (Å²) in [6.07, 6.45) is 1.58. The summed E-state index contributed by atoms with van der Waals surface area (Å²) in [7, 11) is 0. The molecule has 1 aromatic carbocycles. The van der Waals surface area contributed by atoms with Gasteiger partial charge in [0.05, 0.1) is 0 Å². The van der Waals surface area contributed by atoms with Crippen LogP contribution in [0.5, 0.6) is 5.75 Å². The van der Waals surface area contributed by atoms with E-state index >= 15 is 0 Å². The Morgan fingerprint density at radius 3 is 2.72 bits per heavy atom. The van der Waals surface area contributed by atoms with Crippen LogP contribution in [0.4, 0.5) is 0 Å². The number of phenols is 1. The standard InChI is InChI=1S/C13H17ClN2O2/c14-11-1-2-12(17)10(7-11)8-16-5-3-9(4-6-16)13(15)18/h1-2,7,9,17H,3-6,8H2,(H2,15,18). The van der Waals surface area contributed by atoms with Crippen molar-refractivity contribution < 1.29 is 9.90 Å². The maximum Gasteiger partial charge on any atom is 0.220 e. The van der Waals surface area contributed by atoms with E-state index in [4.69, 9.17) is 17.3 Å². The van der Waals surface area contributed by atoms with Crippen LogP contribution in [-0.2, 0) is 11.3 Å². The molecule has 4 nitrogen and oxygen atoms in total. The van der Waals surface area contributed by atoms with Crippen molar-refractivity contribution in [1.82, 2.24) is 4.90 Å². The predicted molar refractivity (Wildman–Crippen MR) is 70.3 cm³/mol. The minimum absolute atomic E-state index is 0.00536. The molecule has 0 aliphatic carbocycles. The molecule has 1 aliphatic rings. The molecule has 0 unspecified atom stereocenters. The van der Waals surface area contributed by atoms with Gasteiger partial charge in [0.1, 0.15) is 5.75 Å². The zero-order valence-electron chi connectivity index (χ0n) is 10.1. The molecule has 1 aliphatic heterocycles. The van der Waals surface area contributed by atoms with Crippen LogP contribution < -0.4 is 5.73 Å². The second kappa shape index (κ2) is 5.59. The van der Waals surface area contributed by atoms with Crippen molar-refractivity contribution in [2.45, 2.75) is 19.4 Å². The molecule has 1 heterocycles. The van der Waals surface area contributed by atoms with Crippen LogP contribution in [0.15, 0.2) is 18.2 Å². The minimum Gasteiger partial charge on any atom is -0.508 e. The molecule has 5 heteroatoms. The smallest absolute Gasteiger partial charge is 0.220 e. The maximum absolute atomic E-state index is 11.1. The molecule has 98 valence electrons. The summed E-state index contributed by atoms with van der Waals surface area (Å²) in [5.74, 6) is 0.0471. The Balaban J connectivity index is 1.95. The van der Waals surface area contributed by atoms with Gasteiger partial charge < -0.3 is 10.8 Å². The largest absolute Gasteiger partial charge is 0.508 e. The van der Waals surface area contributed by atoms with Crippen molar-refractivity contribution in [3.05, 3.63) is 28.8 Å². The van der Waals surface area contributed by atoms with Gasteiger partial charge in [-0.05, 0) is 44.1 Å². The Morgan fingerprint density at radius 1 is 1.44 bits per heavy atom. The molecule has 1 saturated heterocycles. The number of amides is 1. The number of benzene rings is 1. The summed E-state index contributed by atoms with van der Waals surface area (Å²) in [5.41, 5.74) is 6.11. The zero-order valence-corrected chi connectivity index (χ0v) is 10.9. The second-order valence-corrected chi connectivity index (χ2v) is 5.16. The molecule has 0 aromatic heterocycles. The van der Waals surface area contributed by atoms with E-state index in [1.54, 1.807) is 18.2 Å². The van der Waals surface area contributed by atoms with Crippen LogP contribution in [0.25, 0.3) is 0 Å². The molecule has 2 rings (SSSR count). The van der Waals surface area contributed by atoms with Gasteiger partial charge in [-0.25, -0.2) is 0 Å². The van der Waals surface area contributed by atoms with Crippen LogP contribution >= 0.6 is 11.6 Å². The van der Waals surface area contributed by atoms with Gasteiger partial charge in [-0.2, -0.15) is 0 Å². The monoisotopic (exact) mass is 268 g/mol. The number of nitrogens with two attached hydrogens (primary N) is 1. The highest BCUT2D eigenvalue weighted by atomic mass is 35.5. The number of rotatable bonds is 3. The molecule has 1 amide bonds. The van der Waals surface area contributed by atoms with Gasteiger partial charge in [-0.3, -0.25) is 9.69 Å². The van der Waals surface area contributed by atoms with Gasteiger partial charge in [-0.15, -0.1) is 0 Å². The second-order valence-electron chi connectivity index (χ2n) is 4.73. The summed E-state index contributed by atoms with van der Waals surface area (Å²) in [4.78, 5) is 13.3. The van der Waals surface area contributed by atoms with Crippen molar-refractivity contribution >= 4 is 17.5 Å². The molecule has 0 saturated carbocycles. The van der Waals surface area contributed by atoms with E-state index in [2.05, 4.69) is 4.90 Å². The SMILES string of the molecule is NC(=O)C1CCN(Cc2cc(Cl)ccc2O)CC1. The van der Waals surface area contributed by atoms with Gasteiger partial charge in [0, 0.05) is 23.0 Å². The number of nitrogens with zero attached hydrogens (tertiary/aromatic N) is 1. The Bertz CT molecular complexity index is 443. The molecule has 1 aromatic rings. The van der Waals surface area contributed by atoms with E-state index in [0.717, 1.165) is 31.5 Å².